The van der Waals surface area contributed by atoms with E-state index in [1.165, 1.54) is 16.6 Å². The van der Waals surface area contributed by atoms with Crippen LogP contribution in [0, 0.1) is 0 Å². The van der Waals surface area contributed by atoms with Crippen LogP contribution < -0.4 is 10.9 Å². The predicted molar refractivity (Wildman–Crippen MR) is 112 cm³/mol. The van der Waals surface area contributed by atoms with Gasteiger partial charge in [-0.25, -0.2) is 9.48 Å². The summed E-state index contributed by atoms with van der Waals surface area (Å²) in [5.74, 6) is -1.67. The van der Waals surface area contributed by atoms with Crippen molar-refractivity contribution in [2.24, 2.45) is 0 Å². The van der Waals surface area contributed by atoms with Crippen LogP contribution in [0.15, 0.2) is 29.1 Å². The number of benzene rings is 1. The normalized spacial score (nSPS) is 11.4. The van der Waals surface area contributed by atoms with Gasteiger partial charge in [0.25, 0.3) is 11.5 Å². The number of rotatable bonds is 6. The highest BCUT2D eigenvalue weighted by atomic mass is 16.5. The van der Waals surface area contributed by atoms with Crippen LogP contribution in [0.3, 0.4) is 0 Å². The van der Waals surface area contributed by atoms with Crippen LogP contribution in [0.5, 0.6) is 0 Å². The van der Waals surface area contributed by atoms with Crippen LogP contribution in [0.25, 0.3) is 10.8 Å². The second-order valence-corrected chi connectivity index (χ2v) is 8.36. The third-order valence-electron chi connectivity index (χ3n) is 4.16. The zero-order valence-corrected chi connectivity index (χ0v) is 18.2. The number of hydrogen-bond donors (Lipinski definition) is 1. The van der Waals surface area contributed by atoms with E-state index in [4.69, 9.17) is 4.74 Å². The minimum Gasteiger partial charge on any atom is -0.451 e. The molecule has 0 spiro atoms. The molecule has 162 valence electrons. The van der Waals surface area contributed by atoms with Gasteiger partial charge >= 0.3 is 5.97 Å². The number of fused-ring (bicyclic) bond motifs is 1. The monoisotopic (exact) mass is 416 g/mol. The van der Waals surface area contributed by atoms with Gasteiger partial charge in [0.15, 0.2) is 12.3 Å². The van der Waals surface area contributed by atoms with Gasteiger partial charge in [-0.05, 0) is 40.7 Å². The minimum atomic E-state index is -0.818. The van der Waals surface area contributed by atoms with Gasteiger partial charge in [0.05, 0.1) is 18.0 Å². The van der Waals surface area contributed by atoms with Crippen molar-refractivity contribution < 1.29 is 19.1 Å². The molecule has 2 rings (SSSR count). The summed E-state index contributed by atoms with van der Waals surface area (Å²) in [6, 6.07) is 6.34. The molecule has 0 radical (unpaired) electrons. The fourth-order valence-corrected chi connectivity index (χ4v) is 2.77. The number of nitrogens with one attached hydrogen (secondary N) is 1. The number of carbonyl (C=O) groups is 3. The maximum atomic E-state index is 12.6. The van der Waals surface area contributed by atoms with Gasteiger partial charge in [0, 0.05) is 18.0 Å². The lowest BCUT2D eigenvalue weighted by Crippen LogP contribution is -2.46. The summed E-state index contributed by atoms with van der Waals surface area (Å²) in [6.45, 7) is 8.36. The molecule has 2 aromatic rings. The van der Waals surface area contributed by atoms with Crippen molar-refractivity contribution in [1.82, 2.24) is 20.0 Å². The van der Waals surface area contributed by atoms with Crippen LogP contribution in [0.2, 0.25) is 0 Å². The number of amides is 2. The van der Waals surface area contributed by atoms with E-state index in [1.54, 1.807) is 38.1 Å². The summed E-state index contributed by atoms with van der Waals surface area (Å²) in [5, 5.41) is 7.61. The molecule has 1 aromatic carbocycles. The molecular formula is C21H28N4O5. The van der Waals surface area contributed by atoms with Gasteiger partial charge in [-0.15, -0.1) is 0 Å². The first-order valence-electron chi connectivity index (χ1n) is 9.64. The molecule has 1 heterocycles. The molecule has 0 unspecified atom stereocenters. The van der Waals surface area contributed by atoms with Gasteiger partial charge in [-0.1, -0.05) is 18.2 Å². The van der Waals surface area contributed by atoms with Crippen LogP contribution in [0.4, 0.5) is 0 Å². The predicted octanol–water partition coefficient (Wildman–Crippen LogP) is 1.51. The highest BCUT2D eigenvalue weighted by Gasteiger charge is 2.22. The smallest absolute Gasteiger partial charge is 0.359 e. The molecule has 9 heteroatoms. The van der Waals surface area contributed by atoms with Gasteiger partial charge in [-0.2, -0.15) is 5.10 Å². The van der Waals surface area contributed by atoms with Gasteiger partial charge < -0.3 is 15.0 Å². The van der Waals surface area contributed by atoms with E-state index in [-0.39, 0.29) is 29.7 Å². The summed E-state index contributed by atoms with van der Waals surface area (Å²) >= 11 is 0. The zero-order chi connectivity index (χ0) is 22.6. The van der Waals surface area contributed by atoms with Crippen molar-refractivity contribution >= 4 is 28.6 Å². The second-order valence-electron chi connectivity index (χ2n) is 8.36. The van der Waals surface area contributed by atoms with Crippen molar-refractivity contribution in [3.05, 3.63) is 40.3 Å². The molecule has 0 aliphatic carbocycles. The summed E-state index contributed by atoms with van der Waals surface area (Å²) in [6.07, 6.45) is 0. The molecule has 1 N–H and O–H groups in total. The number of nitrogens with zero attached hydrogens (tertiary/aromatic N) is 3. The fraction of sp³-hybridized carbons (Fsp3) is 0.476. The average molecular weight is 416 g/mol. The minimum absolute atomic E-state index is 0.0418. The Labute approximate surface area is 175 Å². The Morgan fingerprint density at radius 1 is 1.17 bits per heavy atom. The average Bonchev–Trinajstić information content (AvgIpc) is 2.64. The fourth-order valence-electron chi connectivity index (χ4n) is 2.77. The van der Waals surface area contributed by atoms with Gasteiger partial charge in [-0.3, -0.25) is 14.4 Å². The number of aromatic nitrogens is 2. The number of esters is 1. The van der Waals surface area contributed by atoms with Crippen molar-refractivity contribution in [3.8, 4) is 0 Å². The van der Waals surface area contributed by atoms with E-state index in [1.807, 2.05) is 20.8 Å². The Balaban J connectivity index is 2.14. The van der Waals surface area contributed by atoms with Crippen molar-refractivity contribution in [2.75, 3.05) is 20.2 Å². The Bertz CT molecular complexity index is 1020. The lowest BCUT2D eigenvalue weighted by Gasteiger charge is -2.23. The lowest BCUT2D eigenvalue weighted by atomic mass is 10.1. The topological polar surface area (TPSA) is 111 Å². The van der Waals surface area contributed by atoms with E-state index in [0.717, 1.165) is 0 Å². The lowest BCUT2D eigenvalue weighted by molar-refractivity contribution is -0.137. The number of hydrogen-bond acceptors (Lipinski definition) is 6. The first kappa shape index (κ1) is 23.1. The summed E-state index contributed by atoms with van der Waals surface area (Å²) < 4.78 is 6.35. The highest BCUT2D eigenvalue weighted by Crippen LogP contribution is 2.15. The molecule has 0 bridgehead atoms. The zero-order valence-electron chi connectivity index (χ0n) is 18.2. The van der Waals surface area contributed by atoms with Crippen LogP contribution in [0.1, 0.15) is 51.1 Å². The molecule has 0 aliphatic heterocycles. The molecule has 2 amide bonds. The SMILES string of the molecule is CC(C)n1nc(C(=O)OCC(=O)N(C)CC(=O)NC(C)(C)C)c2ccccc2c1=O. The summed E-state index contributed by atoms with van der Waals surface area (Å²) in [4.78, 5) is 50.6. The van der Waals surface area contributed by atoms with E-state index < -0.39 is 24.0 Å². The maximum Gasteiger partial charge on any atom is 0.359 e. The van der Waals surface area contributed by atoms with Crippen molar-refractivity contribution in [1.29, 1.82) is 0 Å². The molecule has 0 aliphatic rings. The molecule has 0 saturated carbocycles. The number of likely N-dealkylation sites (N-methyl/N-ethyl adjacent to an activating group) is 1. The molecule has 9 nitrogen and oxygen atoms in total. The molecule has 0 atom stereocenters. The first-order valence-corrected chi connectivity index (χ1v) is 9.64. The second kappa shape index (κ2) is 9.06. The Morgan fingerprint density at radius 3 is 2.33 bits per heavy atom. The van der Waals surface area contributed by atoms with Gasteiger partial charge in [0.1, 0.15) is 0 Å². The molecule has 0 saturated heterocycles. The molecule has 1 aromatic heterocycles. The van der Waals surface area contributed by atoms with Crippen LogP contribution in [-0.2, 0) is 14.3 Å². The van der Waals surface area contributed by atoms with Gasteiger partial charge in [0.2, 0.25) is 5.91 Å². The molecule has 0 fully saturated rings. The number of carbonyl (C=O) groups excluding carboxylic acids is 3. The third-order valence-corrected chi connectivity index (χ3v) is 4.16. The van der Waals surface area contributed by atoms with Crippen molar-refractivity contribution in [3.63, 3.8) is 0 Å². The Hall–Kier alpha value is -3.23. The Morgan fingerprint density at radius 2 is 1.77 bits per heavy atom. The summed E-state index contributed by atoms with van der Waals surface area (Å²) in [7, 11) is 1.45. The molecule has 30 heavy (non-hydrogen) atoms. The summed E-state index contributed by atoms with van der Waals surface area (Å²) in [5.41, 5.74) is -0.766. The van der Waals surface area contributed by atoms with E-state index in [9.17, 15) is 19.2 Å². The van der Waals surface area contributed by atoms with Crippen LogP contribution in [-0.4, -0.2) is 58.2 Å². The maximum absolute atomic E-state index is 12.6. The molecular weight excluding hydrogens is 388 g/mol. The van der Waals surface area contributed by atoms with E-state index in [2.05, 4.69) is 10.4 Å². The third kappa shape index (κ3) is 5.65. The van der Waals surface area contributed by atoms with E-state index >= 15 is 0 Å². The standard InChI is InChI=1S/C21H28N4O5/c1-13(2)25-19(28)15-10-8-7-9-14(15)18(23-25)20(29)30-12-17(27)24(6)11-16(26)22-21(3,4)5/h7-10,13H,11-12H2,1-6H3,(H,22,26). The van der Waals surface area contributed by atoms with Crippen LogP contribution >= 0.6 is 0 Å². The first-order chi connectivity index (χ1) is 13.9. The highest BCUT2D eigenvalue weighted by molar-refractivity contribution is 6.02. The quantitative estimate of drug-likeness (QED) is 0.715. The van der Waals surface area contributed by atoms with Crippen molar-refractivity contribution in [2.45, 2.75) is 46.2 Å². The number of ether oxygens (including phenoxy) is 1. The van der Waals surface area contributed by atoms with E-state index in [0.29, 0.717) is 10.8 Å². The largest absolute Gasteiger partial charge is 0.451 e. The Kier molecular flexibility index (Phi) is 6.96.